The van der Waals surface area contributed by atoms with Gasteiger partial charge in [-0.25, -0.2) is 0 Å². The van der Waals surface area contributed by atoms with E-state index in [-0.39, 0.29) is 17.7 Å². The molecule has 0 radical (unpaired) electrons. The van der Waals surface area contributed by atoms with E-state index < -0.39 is 0 Å². The fraction of sp³-hybridized carbons (Fsp3) is 0.273. The van der Waals surface area contributed by atoms with E-state index in [1.165, 1.54) is 0 Å². The Labute approximate surface area is 163 Å². The van der Waals surface area contributed by atoms with Crippen LogP contribution >= 0.6 is 0 Å². The Hall–Kier alpha value is -3.28. The molecule has 1 atom stereocenters. The van der Waals surface area contributed by atoms with Gasteiger partial charge < -0.3 is 14.7 Å². The van der Waals surface area contributed by atoms with Gasteiger partial charge in [0, 0.05) is 17.7 Å². The highest BCUT2D eigenvalue weighted by molar-refractivity contribution is 6.00. The van der Waals surface area contributed by atoms with Crippen molar-refractivity contribution in [2.75, 3.05) is 13.2 Å². The molecule has 2 heterocycles. The SMILES string of the molecule is CCCN1C(=O)c2[nH]nc(-c3ccccc3O)c2C1c1cccc(OCC)c1. The zero-order chi connectivity index (χ0) is 19.7. The smallest absolute Gasteiger partial charge is 0.273 e. The minimum absolute atomic E-state index is 0.0715. The maximum atomic E-state index is 13.1. The topological polar surface area (TPSA) is 78.5 Å². The number of fused-ring (bicyclic) bond motifs is 1. The van der Waals surface area contributed by atoms with Gasteiger partial charge in [0.25, 0.3) is 5.91 Å². The summed E-state index contributed by atoms with van der Waals surface area (Å²) >= 11 is 0. The van der Waals surface area contributed by atoms with Crippen molar-refractivity contribution in [2.24, 2.45) is 0 Å². The number of aromatic nitrogens is 2. The second-order valence-corrected chi connectivity index (χ2v) is 6.78. The zero-order valence-corrected chi connectivity index (χ0v) is 16.0. The zero-order valence-electron chi connectivity index (χ0n) is 16.0. The molecule has 6 nitrogen and oxygen atoms in total. The number of aromatic amines is 1. The number of hydrogen-bond acceptors (Lipinski definition) is 4. The van der Waals surface area contributed by atoms with Crippen LogP contribution in [0.4, 0.5) is 0 Å². The van der Waals surface area contributed by atoms with Crippen molar-refractivity contribution in [2.45, 2.75) is 26.3 Å². The molecule has 6 heteroatoms. The third kappa shape index (κ3) is 2.91. The highest BCUT2D eigenvalue weighted by Gasteiger charge is 2.42. The first-order valence-corrected chi connectivity index (χ1v) is 9.56. The molecule has 3 aromatic rings. The number of phenols is 1. The van der Waals surface area contributed by atoms with E-state index in [0.29, 0.717) is 30.1 Å². The van der Waals surface area contributed by atoms with Crippen molar-refractivity contribution in [3.8, 4) is 22.8 Å². The highest BCUT2D eigenvalue weighted by Crippen LogP contribution is 2.44. The van der Waals surface area contributed by atoms with Crippen LogP contribution in [0.3, 0.4) is 0 Å². The molecule has 28 heavy (non-hydrogen) atoms. The Morgan fingerprint density at radius 2 is 2.00 bits per heavy atom. The molecule has 0 bridgehead atoms. The number of rotatable bonds is 6. The molecular weight excluding hydrogens is 354 g/mol. The first-order chi connectivity index (χ1) is 13.7. The lowest BCUT2D eigenvalue weighted by molar-refractivity contribution is 0.0743. The average Bonchev–Trinajstić information content (AvgIpc) is 3.23. The molecule has 144 valence electrons. The van der Waals surface area contributed by atoms with Gasteiger partial charge in [-0.1, -0.05) is 31.2 Å². The van der Waals surface area contributed by atoms with E-state index in [1.807, 2.05) is 48.2 Å². The van der Waals surface area contributed by atoms with Gasteiger partial charge in [-0.15, -0.1) is 0 Å². The van der Waals surface area contributed by atoms with Crippen LogP contribution in [0.25, 0.3) is 11.3 Å². The molecule has 1 unspecified atom stereocenters. The van der Waals surface area contributed by atoms with Crippen molar-refractivity contribution < 1.29 is 14.6 Å². The Bertz CT molecular complexity index is 1010. The van der Waals surface area contributed by atoms with Gasteiger partial charge in [0.15, 0.2) is 0 Å². The van der Waals surface area contributed by atoms with Crippen LogP contribution in [0.5, 0.6) is 11.5 Å². The molecule has 2 aromatic carbocycles. The summed E-state index contributed by atoms with van der Waals surface area (Å²) in [5, 5.41) is 17.6. The van der Waals surface area contributed by atoms with Crippen LogP contribution in [0.2, 0.25) is 0 Å². The van der Waals surface area contributed by atoms with E-state index in [9.17, 15) is 9.90 Å². The number of phenolic OH excluding ortho intramolecular Hbond substituents is 1. The summed E-state index contributed by atoms with van der Waals surface area (Å²) in [6, 6.07) is 14.6. The maximum absolute atomic E-state index is 13.1. The molecule has 1 aliphatic rings. The van der Waals surface area contributed by atoms with Crippen molar-refractivity contribution in [3.05, 3.63) is 65.4 Å². The van der Waals surface area contributed by atoms with E-state index in [2.05, 4.69) is 17.1 Å². The summed E-state index contributed by atoms with van der Waals surface area (Å²) in [4.78, 5) is 14.9. The minimum atomic E-state index is -0.281. The number of amides is 1. The second kappa shape index (κ2) is 7.38. The third-order valence-corrected chi connectivity index (χ3v) is 4.97. The molecule has 1 amide bonds. The molecule has 0 saturated carbocycles. The Kier molecular flexibility index (Phi) is 4.77. The average molecular weight is 377 g/mol. The largest absolute Gasteiger partial charge is 0.507 e. The Morgan fingerprint density at radius 1 is 1.18 bits per heavy atom. The molecule has 0 saturated heterocycles. The van der Waals surface area contributed by atoms with Crippen LogP contribution < -0.4 is 4.74 Å². The van der Waals surface area contributed by atoms with E-state index in [1.54, 1.807) is 12.1 Å². The molecule has 1 aromatic heterocycles. The van der Waals surface area contributed by atoms with E-state index >= 15 is 0 Å². The van der Waals surface area contributed by atoms with Crippen LogP contribution in [0.15, 0.2) is 48.5 Å². The number of carbonyl (C=O) groups is 1. The number of ether oxygens (including phenoxy) is 1. The Morgan fingerprint density at radius 3 is 2.75 bits per heavy atom. The van der Waals surface area contributed by atoms with Crippen LogP contribution in [0.1, 0.15) is 47.9 Å². The molecule has 1 aliphatic heterocycles. The minimum Gasteiger partial charge on any atom is -0.507 e. The summed E-state index contributed by atoms with van der Waals surface area (Å²) in [7, 11) is 0. The molecule has 0 spiro atoms. The highest BCUT2D eigenvalue weighted by atomic mass is 16.5. The second-order valence-electron chi connectivity index (χ2n) is 6.78. The molecular formula is C22H23N3O3. The van der Waals surface area contributed by atoms with Crippen molar-refractivity contribution in [1.82, 2.24) is 15.1 Å². The molecule has 4 rings (SSSR count). The monoisotopic (exact) mass is 377 g/mol. The first kappa shape index (κ1) is 18.1. The standard InChI is InChI=1S/C22H23N3O3/c1-3-12-25-21(14-8-7-9-15(13-14)28-4-2)18-19(23-24-20(18)22(25)27)16-10-5-6-11-17(16)26/h5-11,13,21,26H,3-4,12H2,1-2H3,(H,23,24). The molecule has 0 aliphatic carbocycles. The number of nitrogens with one attached hydrogen (secondary N) is 1. The third-order valence-electron chi connectivity index (χ3n) is 4.97. The molecule has 0 fully saturated rings. The van der Waals surface area contributed by atoms with E-state index in [4.69, 9.17) is 4.74 Å². The van der Waals surface area contributed by atoms with Crippen LogP contribution in [-0.4, -0.2) is 39.3 Å². The predicted molar refractivity (Wildman–Crippen MR) is 106 cm³/mol. The predicted octanol–water partition coefficient (Wildman–Crippen LogP) is 4.14. The lowest BCUT2D eigenvalue weighted by Crippen LogP contribution is -2.30. The van der Waals surface area contributed by atoms with Crippen LogP contribution in [0, 0.1) is 0 Å². The fourth-order valence-electron chi connectivity index (χ4n) is 3.84. The summed E-state index contributed by atoms with van der Waals surface area (Å²) in [6.07, 6.45) is 0.844. The van der Waals surface area contributed by atoms with Crippen molar-refractivity contribution in [3.63, 3.8) is 0 Å². The van der Waals surface area contributed by atoms with Gasteiger partial charge in [0.1, 0.15) is 22.9 Å². The quantitative estimate of drug-likeness (QED) is 0.677. The van der Waals surface area contributed by atoms with Gasteiger partial charge >= 0.3 is 0 Å². The van der Waals surface area contributed by atoms with Gasteiger partial charge in [-0.05, 0) is 43.2 Å². The fourth-order valence-corrected chi connectivity index (χ4v) is 3.84. The van der Waals surface area contributed by atoms with Crippen molar-refractivity contribution >= 4 is 5.91 Å². The number of hydrogen-bond donors (Lipinski definition) is 2. The molecule has 2 N–H and O–H groups in total. The normalized spacial score (nSPS) is 15.7. The number of nitrogens with zero attached hydrogens (tertiary/aromatic N) is 2. The number of H-pyrrole nitrogens is 1. The summed E-state index contributed by atoms with van der Waals surface area (Å²) in [5.74, 6) is 0.836. The first-order valence-electron chi connectivity index (χ1n) is 9.56. The summed E-state index contributed by atoms with van der Waals surface area (Å²) < 4.78 is 5.66. The van der Waals surface area contributed by atoms with Gasteiger partial charge in [0.05, 0.1) is 12.6 Å². The summed E-state index contributed by atoms with van der Waals surface area (Å²) in [5.41, 5.74) is 3.46. The number of para-hydroxylation sites is 1. The van der Waals surface area contributed by atoms with E-state index in [0.717, 1.165) is 23.3 Å². The Balaban J connectivity index is 1.89. The number of carbonyl (C=O) groups excluding carboxylic acids is 1. The summed E-state index contributed by atoms with van der Waals surface area (Å²) in [6.45, 7) is 5.20. The number of benzene rings is 2. The maximum Gasteiger partial charge on any atom is 0.273 e. The number of aromatic hydroxyl groups is 1. The van der Waals surface area contributed by atoms with Crippen molar-refractivity contribution in [1.29, 1.82) is 0 Å². The lowest BCUT2D eigenvalue weighted by Gasteiger charge is -2.26. The van der Waals surface area contributed by atoms with Gasteiger partial charge in [-0.2, -0.15) is 5.10 Å². The van der Waals surface area contributed by atoms with Gasteiger partial charge in [0.2, 0.25) is 0 Å². The lowest BCUT2D eigenvalue weighted by atomic mass is 9.95. The van der Waals surface area contributed by atoms with Gasteiger partial charge in [-0.3, -0.25) is 9.89 Å². The van der Waals surface area contributed by atoms with Crippen LogP contribution in [-0.2, 0) is 0 Å².